The number of thioether (sulfide) groups is 1. The van der Waals surface area contributed by atoms with Crippen molar-refractivity contribution in [2.45, 2.75) is 76.2 Å². The fourth-order valence-corrected chi connectivity index (χ4v) is 6.73. The van der Waals surface area contributed by atoms with Gasteiger partial charge in [0.05, 0.1) is 16.3 Å². The third kappa shape index (κ3) is 4.11. The molecular weight excluding hydrogens is 434 g/mol. The van der Waals surface area contributed by atoms with Gasteiger partial charge in [-0.2, -0.15) is 0 Å². The first-order valence-corrected chi connectivity index (χ1v) is 13.3. The quantitative estimate of drug-likeness (QED) is 0.221. The van der Waals surface area contributed by atoms with Crippen molar-refractivity contribution in [3.05, 3.63) is 53.0 Å². The Morgan fingerprint density at radius 2 is 1.75 bits per heavy atom. The lowest BCUT2D eigenvalue weighted by atomic mass is 9.86. The number of ether oxygens (including phenoxy) is 1. The van der Waals surface area contributed by atoms with Crippen LogP contribution in [-0.4, -0.2) is 21.1 Å². The summed E-state index contributed by atoms with van der Waals surface area (Å²) < 4.78 is 6.94. The topological polar surface area (TPSA) is 47.9 Å². The van der Waals surface area contributed by atoms with E-state index in [1.807, 2.05) is 13.8 Å². The molecule has 3 heterocycles. The molecule has 0 N–H and O–H groups in total. The van der Waals surface area contributed by atoms with Gasteiger partial charge in [0.1, 0.15) is 21.9 Å². The number of aryl methyl sites for hydroxylation is 1. The van der Waals surface area contributed by atoms with Crippen molar-refractivity contribution in [2.24, 2.45) is 0 Å². The first-order chi connectivity index (χ1) is 15.5. The maximum Gasteiger partial charge on any atom is 0.126 e. The Kier molecular flexibility index (Phi) is 6.08. The summed E-state index contributed by atoms with van der Waals surface area (Å²) >= 11 is 3.54. The Balaban J connectivity index is 1.50. The van der Waals surface area contributed by atoms with E-state index in [0.29, 0.717) is 5.92 Å². The summed E-state index contributed by atoms with van der Waals surface area (Å²) in [5.41, 5.74) is 6.60. The molecule has 1 aliphatic carbocycles. The van der Waals surface area contributed by atoms with E-state index < -0.39 is 0 Å². The van der Waals surface area contributed by atoms with Crippen molar-refractivity contribution < 1.29 is 4.74 Å². The molecule has 3 aromatic heterocycles. The van der Waals surface area contributed by atoms with E-state index in [9.17, 15) is 0 Å². The Bertz CT molecular complexity index is 1260. The molecule has 5 rings (SSSR count). The lowest BCUT2D eigenvalue weighted by Crippen LogP contribution is -2.10. The molecule has 0 aliphatic heterocycles. The molecular formula is C26H29N3OS2. The Labute approximate surface area is 197 Å². The summed E-state index contributed by atoms with van der Waals surface area (Å²) in [6.07, 6.45) is 6.71. The van der Waals surface area contributed by atoms with Crippen LogP contribution in [0.4, 0.5) is 0 Å². The molecule has 0 fully saturated rings. The van der Waals surface area contributed by atoms with Crippen LogP contribution in [0.2, 0.25) is 0 Å². The fourth-order valence-electron chi connectivity index (χ4n) is 4.54. The summed E-state index contributed by atoms with van der Waals surface area (Å²) in [5.74, 6) is 2.23. The third-order valence-electron chi connectivity index (χ3n) is 5.94. The van der Waals surface area contributed by atoms with Gasteiger partial charge in [-0.25, -0.2) is 15.0 Å². The van der Waals surface area contributed by atoms with E-state index in [1.165, 1.54) is 45.3 Å². The zero-order valence-corrected chi connectivity index (χ0v) is 20.8. The van der Waals surface area contributed by atoms with Gasteiger partial charge in [0.25, 0.3) is 0 Å². The van der Waals surface area contributed by atoms with E-state index in [-0.39, 0.29) is 6.10 Å². The minimum Gasteiger partial charge on any atom is -0.491 e. The molecule has 32 heavy (non-hydrogen) atoms. The standard InChI is InChI=1S/C26H29N3OS2/c1-15(2)22-20-8-6-5-7-19(20)21-23-24(32-25(21)29-22)26(28-14-27-23)31-13-17-9-11-18(12-10-17)30-16(3)4/h9-12,14-16H,5-8,13H2,1-4H3. The summed E-state index contributed by atoms with van der Waals surface area (Å²) in [4.78, 5) is 15.7. The van der Waals surface area contributed by atoms with Crippen molar-refractivity contribution in [2.75, 3.05) is 0 Å². The average Bonchev–Trinajstić information content (AvgIpc) is 3.17. The highest BCUT2D eigenvalue weighted by molar-refractivity contribution is 7.98. The van der Waals surface area contributed by atoms with E-state index in [4.69, 9.17) is 14.7 Å². The van der Waals surface area contributed by atoms with Gasteiger partial charge >= 0.3 is 0 Å². The molecule has 0 saturated heterocycles. The number of hydrogen-bond acceptors (Lipinski definition) is 6. The minimum absolute atomic E-state index is 0.188. The molecule has 0 amide bonds. The summed E-state index contributed by atoms with van der Waals surface area (Å²) in [7, 11) is 0. The number of rotatable bonds is 6. The predicted octanol–water partition coefficient (Wildman–Crippen LogP) is 7.32. The maximum absolute atomic E-state index is 5.76. The Hall–Kier alpha value is -2.18. The Morgan fingerprint density at radius 3 is 2.47 bits per heavy atom. The van der Waals surface area contributed by atoms with Crippen molar-refractivity contribution in [1.29, 1.82) is 0 Å². The number of pyridine rings is 1. The first-order valence-electron chi connectivity index (χ1n) is 11.5. The summed E-state index contributed by atoms with van der Waals surface area (Å²) in [5, 5.41) is 2.33. The molecule has 6 heteroatoms. The largest absolute Gasteiger partial charge is 0.491 e. The van der Waals surface area contributed by atoms with Gasteiger partial charge in [-0.05, 0) is 74.3 Å². The molecule has 166 valence electrons. The van der Waals surface area contributed by atoms with Crippen molar-refractivity contribution in [3.8, 4) is 5.75 Å². The number of benzene rings is 1. The van der Waals surface area contributed by atoms with Crippen LogP contribution < -0.4 is 4.74 Å². The zero-order chi connectivity index (χ0) is 22.2. The van der Waals surface area contributed by atoms with Crippen LogP contribution >= 0.6 is 23.1 Å². The van der Waals surface area contributed by atoms with E-state index in [0.717, 1.165) is 39.7 Å². The molecule has 0 atom stereocenters. The van der Waals surface area contributed by atoms with E-state index in [2.05, 4.69) is 43.1 Å². The Morgan fingerprint density at radius 1 is 1.00 bits per heavy atom. The monoisotopic (exact) mass is 463 g/mol. The number of nitrogens with zero attached hydrogens (tertiary/aromatic N) is 3. The second kappa shape index (κ2) is 8.99. The van der Waals surface area contributed by atoms with Crippen LogP contribution in [0.1, 0.15) is 68.8 Å². The molecule has 0 spiro atoms. The number of thiophene rings is 1. The first kappa shape index (κ1) is 21.7. The minimum atomic E-state index is 0.188. The van der Waals surface area contributed by atoms with Gasteiger partial charge in [-0.1, -0.05) is 26.0 Å². The second-order valence-corrected chi connectivity index (χ2v) is 11.0. The molecule has 1 aromatic carbocycles. The smallest absolute Gasteiger partial charge is 0.126 e. The normalized spacial score (nSPS) is 13.9. The van der Waals surface area contributed by atoms with Crippen LogP contribution in [0.25, 0.3) is 20.4 Å². The average molecular weight is 464 g/mol. The van der Waals surface area contributed by atoms with Crippen molar-refractivity contribution >= 4 is 43.5 Å². The SMILES string of the molecule is CC(C)Oc1ccc(CSc2ncnc3c2sc2nc(C(C)C)c4c(c23)CCCC4)cc1. The van der Waals surface area contributed by atoms with E-state index >= 15 is 0 Å². The van der Waals surface area contributed by atoms with Crippen LogP contribution in [0.5, 0.6) is 5.75 Å². The summed E-state index contributed by atoms with van der Waals surface area (Å²) in [6.45, 7) is 8.61. The fraction of sp³-hybridized carbons (Fsp3) is 0.423. The maximum atomic E-state index is 5.76. The van der Waals surface area contributed by atoms with Gasteiger partial charge in [0, 0.05) is 16.8 Å². The van der Waals surface area contributed by atoms with Gasteiger partial charge < -0.3 is 4.74 Å². The predicted molar refractivity (Wildman–Crippen MR) is 135 cm³/mol. The van der Waals surface area contributed by atoms with Crippen LogP contribution in [0.3, 0.4) is 0 Å². The highest BCUT2D eigenvalue weighted by Gasteiger charge is 2.24. The summed E-state index contributed by atoms with van der Waals surface area (Å²) in [6, 6.07) is 8.38. The molecule has 0 radical (unpaired) electrons. The van der Waals surface area contributed by atoms with Gasteiger partial charge in [0.15, 0.2) is 0 Å². The molecule has 0 unspecified atom stereocenters. The lowest BCUT2D eigenvalue weighted by Gasteiger charge is -2.21. The van der Waals surface area contributed by atoms with Crippen molar-refractivity contribution in [1.82, 2.24) is 15.0 Å². The van der Waals surface area contributed by atoms with Gasteiger partial charge in [0.2, 0.25) is 0 Å². The molecule has 4 nitrogen and oxygen atoms in total. The van der Waals surface area contributed by atoms with Crippen LogP contribution in [-0.2, 0) is 18.6 Å². The molecule has 0 bridgehead atoms. The second-order valence-electron chi connectivity index (χ2n) is 9.05. The molecule has 0 saturated carbocycles. The van der Waals surface area contributed by atoms with Crippen LogP contribution in [0.15, 0.2) is 35.6 Å². The molecule has 4 aromatic rings. The molecule has 1 aliphatic rings. The van der Waals surface area contributed by atoms with Crippen molar-refractivity contribution in [3.63, 3.8) is 0 Å². The number of aromatic nitrogens is 3. The third-order valence-corrected chi connectivity index (χ3v) is 8.21. The highest BCUT2D eigenvalue weighted by Crippen LogP contribution is 2.42. The lowest BCUT2D eigenvalue weighted by molar-refractivity contribution is 0.242. The van der Waals surface area contributed by atoms with Gasteiger partial charge in [-0.15, -0.1) is 23.1 Å². The highest BCUT2D eigenvalue weighted by atomic mass is 32.2. The van der Waals surface area contributed by atoms with Gasteiger partial charge in [-0.3, -0.25) is 0 Å². The van der Waals surface area contributed by atoms with E-state index in [1.54, 1.807) is 29.4 Å². The zero-order valence-electron chi connectivity index (χ0n) is 19.1. The number of hydrogen-bond donors (Lipinski definition) is 0. The van der Waals surface area contributed by atoms with Crippen LogP contribution in [0, 0.1) is 0 Å². The number of fused-ring (bicyclic) bond motifs is 5.